The lowest BCUT2D eigenvalue weighted by molar-refractivity contribution is 0.299. The van der Waals surface area contributed by atoms with E-state index in [2.05, 4.69) is 0 Å². The molecule has 2 aromatic carbocycles. The molecule has 0 saturated carbocycles. The van der Waals surface area contributed by atoms with Crippen molar-refractivity contribution in [2.75, 3.05) is 6.54 Å². The molecule has 0 fully saturated rings. The van der Waals surface area contributed by atoms with Gasteiger partial charge in [-0.25, -0.2) is 8.78 Å². The molecule has 0 spiro atoms. The van der Waals surface area contributed by atoms with Crippen LogP contribution in [0.4, 0.5) is 8.78 Å². The van der Waals surface area contributed by atoms with Gasteiger partial charge in [0, 0.05) is 11.6 Å². The Morgan fingerprint density at radius 1 is 1.10 bits per heavy atom. The first-order valence-corrected chi connectivity index (χ1v) is 6.53. The number of rotatable bonds is 5. The summed E-state index contributed by atoms with van der Waals surface area (Å²) in [5.74, 6) is -0.799. The molecule has 5 heteroatoms. The summed E-state index contributed by atoms with van der Waals surface area (Å²) in [6.45, 7) is 0.527. The molecule has 20 heavy (non-hydrogen) atoms. The number of halogens is 3. The predicted octanol–water partition coefficient (Wildman–Crippen LogP) is 3.70. The highest BCUT2D eigenvalue weighted by molar-refractivity contribution is 6.32. The minimum Gasteiger partial charge on any atom is -0.487 e. The SMILES string of the molecule is NCCc1ccc(OCc2ccc(F)cc2F)c(Cl)c1. The van der Waals surface area contributed by atoms with Gasteiger partial charge < -0.3 is 10.5 Å². The molecule has 0 bridgehead atoms. The largest absolute Gasteiger partial charge is 0.487 e. The average molecular weight is 298 g/mol. The third-order valence-corrected chi connectivity index (χ3v) is 3.12. The molecule has 2 rings (SSSR count). The van der Waals surface area contributed by atoms with Crippen LogP contribution in [-0.4, -0.2) is 6.54 Å². The van der Waals surface area contributed by atoms with Crippen molar-refractivity contribution in [1.29, 1.82) is 0 Å². The number of hydrogen-bond donors (Lipinski definition) is 1. The molecule has 0 aromatic heterocycles. The topological polar surface area (TPSA) is 35.2 Å². The summed E-state index contributed by atoms with van der Waals surface area (Å²) in [5, 5.41) is 0.443. The highest BCUT2D eigenvalue weighted by Crippen LogP contribution is 2.26. The van der Waals surface area contributed by atoms with Crippen LogP contribution in [0.15, 0.2) is 36.4 Å². The second kappa shape index (κ2) is 6.68. The van der Waals surface area contributed by atoms with Crippen LogP contribution >= 0.6 is 11.6 Å². The Morgan fingerprint density at radius 3 is 2.55 bits per heavy atom. The zero-order chi connectivity index (χ0) is 14.5. The first-order chi connectivity index (χ1) is 9.60. The van der Waals surface area contributed by atoms with Crippen molar-refractivity contribution < 1.29 is 13.5 Å². The smallest absolute Gasteiger partial charge is 0.138 e. The molecule has 0 amide bonds. The van der Waals surface area contributed by atoms with Crippen LogP contribution in [0.2, 0.25) is 5.02 Å². The van der Waals surface area contributed by atoms with E-state index >= 15 is 0 Å². The van der Waals surface area contributed by atoms with Gasteiger partial charge in [-0.1, -0.05) is 17.7 Å². The lowest BCUT2D eigenvalue weighted by Gasteiger charge is -2.10. The molecule has 0 saturated heterocycles. The molecule has 0 radical (unpaired) electrons. The van der Waals surface area contributed by atoms with Crippen LogP contribution in [0.5, 0.6) is 5.75 Å². The molecule has 0 aliphatic rings. The Hall–Kier alpha value is -1.65. The van der Waals surface area contributed by atoms with Crippen molar-refractivity contribution in [3.63, 3.8) is 0 Å². The lowest BCUT2D eigenvalue weighted by atomic mass is 10.1. The van der Waals surface area contributed by atoms with E-state index in [4.69, 9.17) is 22.1 Å². The maximum absolute atomic E-state index is 13.5. The van der Waals surface area contributed by atoms with Gasteiger partial charge in [-0.05, 0) is 42.8 Å². The molecule has 0 aliphatic heterocycles. The van der Waals surface area contributed by atoms with Crippen LogP contribution < -0.4 is 10.5 Å². The normalized spacial score (nSPS) is 10.6. The Bertz CT molecular complexity index is 604. The predicted molar refractivity (Wildman–Crippen MR) is 74.9 cm³/mol. The second-order valence-electron chi connectivity index (χ2n) is 4.33. The molecule has 2 aromatic rings. The van der Waals surface area contributed by atoms with Crippen molar-refractivity contribution in [2.24, 2.45) is 5.73 Å². The first kappa shape index (κ1) is 14.8. The Labute approximate surface area is 121 Å². The summed E-state index contributed by atoms with van der Waals surface area (Å²) in [5.41, 5.74) is 6.75. The van der Waals surface area contributed by atoms with Gasteiger partial charge in [-0.3, -0.25) is 0 Å². The van der Waals surface area contributed by atoms with Gasteiger partial charge in [0.1, 0.15) is 24.0 Å². The average Bonchev–Trinajstić information content (AvgIpc) is 2.40. The molecule has 0 heterocycles. The quantitative estimate of drug-likeness (QED) is 0.913. The van der Waals surface area contributed by atoms with Crippen molar-refractivity contribution in [3.8, 4) is 5.75 Å². The van der Waals surface area contributed by atoms with Gasteiger partial charge >= 0.3 is 0 Å². The van der Waals surface area contributed by atoms with Gasteiger partial charge in [-0.2, -0.15) is 0 Å². The van der Waals surface area contributed by atoms with E-state index in [9.17, 15) is 8.78 Å². The molecule has 106 valence electrons. The van der Waals surface area contributed by atoms with Gasteiger partial charge in [0.15, 0.2) is 0 Å². The number of ether oxygens (including phenoxy) is 1. The van der Waals surface area contributed by atoms with Gasteiger partial charge in [0.25, 0.3) is 0 Å². The number of benzene rings is 2. The molecule has 2 nitrogen and oxygen atoms in total. The molecule has 0 unspecified atom stereocenters. The fourth-order valence-electron chi connectivity index (χ4n) is 1.78. The first-order valence-electron chi connectivity index (χ1n) is 6.15. The zero-order valence-corrected chi connectivity index (χ0v) is 11.5. The maximum Gasteiger partial charge on any atom is 0.138 e. The van der Waals surface area contributed by atoms with Crippen LogP contribution in [0.1, 0.15) is 11.1 Å². The second-order valence-corrected chi connectivity index (χ2v) is 4.74. The fraction of sp³-hybridized carbons (Fsp3) is 0.200. The highest BCUT2D eigenvalue weighted by Gasteiger charge is 2.07. The highest BCUT2D eigenvalue weighted by atomic mass is 35.5. The van der Waals surface area contributed by atoms with Crippen LogP contribution in [0.25, 0.3) is 0 Å². The van der Waals surface area contributed by atoms with Crippen molar-refractivity contribution >= 4 is 11.6 Å². The van der Waals surface area contributed by atoms with Gasteiger partial charge in [0.05, 0.1) is 5.02 Å². The van der Waals surface area contributed by atoms with Gasteiger partial charge in [-0.15, -0.1) is 0 Å². The fourth-order valence-corrected chi connectivity index (χ4v) is 2.04. The van der Waals surface area contributed by atoms with Crippen LogP contribution in [0.3, 0.4) is 0 Å². The van der Waals surface area contributed by atoms with E-state index in [0.29, 0.717) is 17.3 Å². The van der Waals surface area contributed by atoms with Crippen molar-refractivity contribution in [3.05, 3.63) is 64.2 Å². The summed E-state index contributed by atoms with van der Waals surface area (Å²) >= 11 is 6.08. The lowest BCUT2D eigenvalue weighted by Crippen LogP contribution is -2.03. The van der Waals surface area contributed by atoms with E-state index in [1.165, 1.54) is 12.1 Å². The number of nitrogens with two attached hydrogens (primary N) is 1. The van der Waals surface area contributed by atoms with Crippen LogP contribution in [0, 0.1) is 11.6 Å². The third kappa shape index (κ3) is 3.68. The summed E-state index contributed by atoms with van der Waals surface area (Å²) in [6, 6.07) is 8.70. The van der Waals surface area contributed by atoms with Crippen molar-refractivity contribution in [1.82, 2.24) is 0 Å². The molecular weight excluding hydrogens is 284 g/mol. The van der Waals surface area contributed by atoms with E-state index < -0.39 is 11.6 Å². The summed E-state index contributed by atoms with van der Waals surface area (Å²) in [7, 11) is 0. The minimum absolute atomic E-state index is 0.0118. The molecular formula is C15H14ClF2NO. The monoisotopic (exact) mass is 297 g/mol. The minimum atomic E-state index is -0.638. The third-order valence-electron chi connectivity index (χ3n) is 2.83. The summed E-state index contributed by atoms with van der Waals surface area (Å²) in [4.78, 5) is 0. The molecule has 2 N–H and O–H groups in total. The Kier molecular flexibility index (Phi) is 4.93. The van der Waals surface area contributed by atoms with E-state index in [1.54, 1.807) is 12.1 Å². The maximum atomic E-state index is 13.5. The number of hydrogen-bond acceptors (Lipinski definition) is 2. The van der Waals surface area contributed by atoms with Crippen LogP contribution in [-0.2, 0) is 13.0 Å². The molecule has 0 atom stereocenters. The van der Waals surface area contributed by atoms with Gasteiger partial charge in [0.2, 0.25) is 0 Å². The van der Waals surface area contributed by atoms with Crippen molar-refractivity contribution in [2.45, 2.75) is 13.0 Å². The summed E-state index contributed by atoms with van der Waals surface area (Å²) in [6.07, 6.45) is 0.729. The van der Waals surface area contributed by atoms with E-state index in [0.717, 1.165) is 18.1 Å². The Balaban J connectivity index is 2.07. The Morgan fingerprint density at radius 2 is 1.90 bits per heavy atom. The standard InChI is InChI=1S/C15H14ClF2NO/c16-13-7-10(5-6-19)1-4-15(13)20-9-11-2-3-12(17)8-14(11)18/h1-4,7-8H,5-6,9,19H2. The summed E-state index contributed by atoms with van der Waals surface area (Å²) < 4.78 is 31.7. The zero-order valence-electron chi connectivity index (χ0n) is 10.7. The van der Waals surface area contributed by atoms with E-state index in [-0.39, 0.29) is 12.2 Å². The molecule has 0 aliphatic carbocycles. The van der Waals surface area contributed by atoms with E-state index in [1.807, 2.05) is 6.07 Å².